The molecule has 6 aromatic rings. The molecule has 6 heteroatoms. The van der Waals surface area contributed by atoms with Gasteiger partial charge in [0.1, 0.15) is 0 Å². The third-order valence-corrected chi connectivity index (χ3v) is 10.1. The van der Waals surface area contributed by atoms with E-state index in [1.165, 1.54) is 67.3 Å². The van der Waals surface area contributed by atoms with Crippen LogP contribution < -0.4 is 35.3 Å². The lowest BCUT2D eigenvalue weighted by Crippen LogP contribution is -2.59. The molecule has 4 aliphatic heterocycles. The van der Waals surface area contributed by atoms with Gasteiger partial charge in [0.25, 0.3) is 0 Å². The summed E-state index contributed by atoms with van der Waals surface area (Å²) in [7, 11) is 0. The SMILES string of the molecule is C1=CN(c2ccc3c(c2)N2B(c4ccccc4-3)c3ccccc3-c3ccc(N4C=CN(c5ccccc5)C4)cc32)CN1c1ccccc1. The van der Waals surface area contributed by atoms with Crippen molar-refractivity contribution in [2.45, 2.75) is 0 Å². The van der Waals surface area contributed by atoms with Crippen LogP contribution in [0.2, 0.25) is 0 Å². The van der Waals surface area contributed by atoms with Gasteiger partial charge in [-0.3, -0.25) is 0 Å². The van der Waals surface area contributed by atoms with Crippen molar-refractivity contribution in [3.8, 4) is 22.3 Å². The fourth-order valence-electron chi connectivity index (χ4n) is 7.82. The highest BCUT2D eigenvalue weighted by molar-refractivity contribution is 6.92. The van der Waals surface area contributed by atoms with E-state index < -0.39 is 0 Å². The first kappa shape index (κ1) is 27.0. The third kappa shape index (κ3) is 4.19. The van der Waals surface area contributed by atoms with Crippen LogP contribution >= 0.6 is 0 Å². The van der Waals surface area contributed by atoms with E-state index in [1.807, 2.05) is 0 Å². The van der Waals surface area contributed by atoms with Crippen LogP contribution in [-0.4, -0.2) is 20.2 Å². The molecule has 0 aromatic heterocycles. The summed E-state index contributed by atoms with van der Waals surface area (Å²) in [6.07, 6.45) is 8.74. The second-order valence-corrected chi connectivity index (χ2v) is 12.8. The molecular formula is C42H32BN5. The van der Waals surface area contributed by atoms with Crippen LogP contribution in [0.5, 0.6) is 0 Å². The lowest BCUT2D eigenvalue weighted by molar-refractivity contribution is 0.974. The summed E-state index contributed by atoms with van der Waals surface area (Å²) in [6.45, 7) is 1.60. The second kappa shape index (κ2) is 10.7. The smallest absolute Gasteiger partial charge is 0.329 e. The minimum Gasteiger partial charge on any atom is -0.376 e. The van der Waals surface area contributed by atoms with Crippen LogP contribution in [0.25, 0.3) is 22.3 Å². The summed E-state index contributed by atoms with van der Waals surface area (Å²) in [4.78, 5) is 11.9. The minimum absolute atomic E-state index is 0.0628. The summed E-state index contributed by atoms with van der Waals surface area (Å²) >= 11 is 0. The van der Waals surface area contributed by atoms with Gasteiger partial charge in [-0.2, -0.15) is 0 Å². The molecule has 0 amide bonds. The first-order valence-corrected chi connectivity index (χ1v) is 16.6. The van der Waals surface area contributed by atoms with Gasteiger partial charge in [0.05, 0.1) is 13.3 Å². The van der Waals surface area contributed by atoms with Crippen LogP contribution in [0.4, 0.5) is 34.1 Å². The molecule has 0 saturated heterocycles. The zero-order valence-corrected chi connectivity index (χ0v) is 26.4. The molecule has 6 aromatic carbocycles. The monoisotopic (exact) mass is 617 g/mol. The Kier molecular flexibility index (Phi) is 6.03. The van der Waals surface area contributed by atoms with Gasteiger partial charge in [-0.1, -0.05) is 97.1 Å². The molecule has 0 bridgehead atoms. The standard InChI is InChI=1S/C42H32BN5/c1-3-11-31(12-4-1)44-23-25-46(29-44)33-19-21-37-35-15-7-9-17-39(35)43-40-18-10-8-16-36(40)38-22-20-34(28-42(38)48(43)41(37)27-33)47-26-24-45(30-47)32-13-5-2-6-14-32/h1-28H,29-30H2. The van der Waals surface area contributed by atoms with E-state index in [-0.39, 0.29) is 6.85 Å². The molecule has 5 nitrogen and oxygen atoms in total. The van der Waals surface area contributed by atoms with E-state index in [0.29, 0.717) is 0 Å². The van der Waals surface area contributed by atoms with Gasteiger partial charge in [-0.15, -0.1) is 0 Å². The number of rotatable bonds is 4. The van der Waals surface area contributed by atoms with Gasteiger partial charge in [-0.05, 0) is 70.6 Å². The van der Waals surface area contributed by atoms with Crippen LogP contribution in [0.3, 0.4) is 0 Å². The van der Waals surface area contributed by atoms with Crippen molar-refractivity contribution in [3.63, 3.8) is 0 Å². The number of fused-ring (bicyclic) bond motifs is 11. The van der Waals surface area contributed by atoms with Gasteiger partial charge >= 0.3 is 6.85 Å². The first-order valence-electron chi connectivity index (χ1n) is 16.6. The van der Waals surface area contributed by atoms with Crippen molar-refractivity contribution in [2.24, 2.45) is 0 Å². The van der Waals surface area contributed by atoms with Crippen LogP contribution in [0, 0.1) is 0 Å². The number of benzene rings is 6. The molecule has 0 spiro atoms. The lowest BCUT2D eigenvalue weighted by atomic mass is 9.43. The van der Waals surface area contributed by atoms with Gasteiger partial charge < -0.3 is 24.4 Å². The Bertz CT molecular complexity index is 2090. The van der Waals surface area contributed by atoms with Gasteiger partial charge in [0, 0.05) is 70.1 Å². The summed E-state index contributed by atoms with van der Waals surface area (Å²) in [5.41, 5.74) is 15.0. The van der Waals surface area contributed by atoms with E-state index in [0.717, 1.165) is 13.3 Å². The molecule has 0 aliphatic carbocycles. The Morgan fingerprint density at radius 2 is 0.750 bits per heavy atom. The van der Waals surface area contributed by atoms with Gasteiger partial charge in [0.2, 0.25) is 0 Å². The maximum absolute atomic E-state index is 2.60. The minimum atomic E-state index is 0.0628. The third-order valence-electron chi connectivity index (χ3n) is 10.1. The van der Waals surface area contributed by atoms with Crippen LogP contribution in [-0.2, 0) is 0 Å². The molecule has 0 N–H and O–H groups in total. The molecule has 228 valence electrons. The second-order valence-electron chi connectivity index (χ2n) is 12.8. The fraction of sp³-hybridized carbons (Fsp3) is 0.0476. The van der Waals surface area contributed by atoms with E-state index in [4.69, 9.17) is 0 Å². The molecule has 4 aliphatic rings. The topological polar surface area (TPSA) is 16.2 Å². The van der Waals surface area contributed by atoms with E-state index in [9.17, 15) is 0 Å². The Balaban J connectivity index is 1.10. The summed E-state index contributed by atoms with van der Waals surface area (Å²) in [6, 6.07) is 53.1. The average Bonchev–Trinajstić information content (AvgIpc) is 3.87. The number of nitrogens with zero attached hydrogens (tertiary/aromatic N) is 5. The highest BCUT2D eigenvalue weighted by Crippen LogP contribution is 2.48. The molecule has 0 atom stereocenters. The molecular weight excluding hydrogens is 585 g/mol. The Labute approximate surface area is 281 Å². The molecule has 10 rings (SSSR count). The van der Waals surface area contributed by atoms with Crippen molar-refractivity contribution in [3.05, 3.63) is 170 Å². The highest BCUT2D eigenvalue weighted by atomic mass is 15.4. The predicted octanol–water partition coefficient (Wildman–Crippen LogP) is 8.10. The van der Waals surface area contributed by atoms with Gasteiger partial charge in [0.15, 0.2) is 0 Å². The van der Waals surface area contributed by atoms with Crippen LogP contribution in [0.15, 0.2) is 170 Å². The fourth-order valence-corrected chi connectivity index (χ4v) is 7.82. The number of hydrogen-bond acceptors (Lipinski definition) is 5. The molecule has 48 heavy (non-hydrogen) atoms. The predicted molar refractivity (Wildman–Crippen MR) is 202 cm³/mol. The van der Waals surface area contributed by atoms with Crippen LogP contribution in [0.1, 0.15) is 0 Å². The van der Waals surface area contributed by atoms with Crippen molar-refractivity contribution >= 4 is 51.9 Å². The number of hydrogen-bond donors (Lipinski definition) is 0. The van der Waals surface area contributed by atoms with Gasteiger partial charge in [-0.25, -0.2) is 0 Å². The lowest BCUT2D eigenvalue weighted by Gasteiger charge is -2.44. The Morgan fingerprint density at radius 1 is 0.354 bits per heavy atom. The highest BCUT2D eigenvalue weighted by Gasteiger charge is 2.42. The summed E-state index contributed by atoms with van der Waals surface area (Å²) in [5.74, 6) is 0. The maximum atomic E-state index is 2.60. The molecule has 0 saturated carbocycles. The summed E-state index contributed by atoms with van der Waals surface area (Å²) in [5, 5.41) is 0. The summed E-state index contributed by atoms with van der Waals surface area (Å²) < 4.78 is 0. The Morgan fingerprint density at radius 3 is 1.21 bits per heavy atom. The quantitative estimate of drug-likeness (QED) is 0.185. The van der Waals surface area contributed by atoms with E-state index in [1.54, 1.807) is 0 Å². The maximum Gasteiger partial charge on any atom is 0.329 e. The molecule has 4 heterocycles. The van der Waals surface area contributed by atoms with E-state index >= 15 is 0 Å². The molecule has 0 unspecified atom stereocenters. The average molecular weight is 618 g/mol. The first-order chi connectivity index (χ1) is 23.8. The normalized spacial score (nSPS) is 15.3. The number of para-hydroxylation sites is 2. The van der Waals surface area contributed by atoms with Crippen molar-refractivity contribution in [1.29, 1.82) is 0 Å². The largest absolute Gasteiger partial charge is 0.376 e. The zero-order valence-electron chi connectivity index (χ0n) is 26.4. The molecule has 0 fully saturated rings. The zero-order chi connectivity index (χ0) is 31.6. The molecule has 0 radical (unpaired) electrons. The van der Waals surface area contributed by atoms with Crippen molar-refractivity contribution < 1.29 is 0 Å². The van der Waals surface area contributed by atoms with E-state index in [2.05, 4.69) is 195 Å². The number of anilines is 6. The van der Waals surface area contributed by atoms with Crippen molar-refractivity contribution in [2.75, 3.05) is 37.7 Å². The van der Waals surface area contributed by atoms with Crippen molar-refractivity contribution in [1.82, 2.24) is 0 Å². The Hall–Kier alpha value is -6.14.